The Kier molecular flexibility index (Phi) is 4.39. The van der Waals surface area contributed by atoms with E-state index in [2.05, 4.69) is 10.3 Å². The van der Waals surface area contributed by atoms with Gasteiger partial charge < -0.3 is 5.32 Å². The Balaban J connectivity index is 2.20. The minimum atomic E-state index is -4.30. The van der Waals surface area contributed by atoms with Gasteiger partial charge in [0.1, 0.15) is 0 Å². The molecule has 0 saturated heterocycles. The first-order valence-corrected chi connectivity index (χ1v) is 6.24. The van der Waals surface area contributed by atoms with Gasteiger partial charge in [0.15, 0.2) is 0 Å². The highest BCUT2D eigenvalue weighted by Gasteiger charge is 2.30. The van der Waals surface area contributed by atoms with Gasteiger partial charge >= 0.3 is 6.18 Å². The quantitative estimate of drug-likeness (QED) is 0.925. The van der Waals surface area contributed by atoms with E-state index in [0.29, 0.717) is 12.0 Å². The van der Waals surface area contributed by atoms with Crippen LogP contribution in [-0.4, -0.2) is 12.0 Å². The summed E-state index contributed by atoms with van der Waals surface area (Å²) in [6.07, 6.45) is -0.468. The predicted octanol–water partition coefficient (Wildman–Crippen LogP) is 3.60. The smallest absolute Gasteiger partial charge is 0.313 e. The normalized spacial score (nSPS) is 13.2. The van der Waals surface area contributed by atoms with E-state index in [4.69, 9.17) is 0 Å². The lowest BCUT2D eigenvalue weighted by atomic mass is 9.98. The number of nitrogens with one attached hydrogen (secondary N) is 1. The number of alkyl halides is 3. The molecule has 2 nitrogen and oxygen atoms in total. The lowest BCUT2D eigenvalue weighted by Gasteiger charge is -2.17. The van der Waals surface area contributed by atoms with Crippen LogP contribution < -0.4 is 5.32 Å². The zero-order chi connectivity index (χ0) is 14.6. The van der Waals surface area contributed by atoms with Crippen molar-refractivity contribution in [2.24, 2.45) is 0 Å². The highest BCUT2D eigenvalue weighted by atomic mass is 19.4. The summed E-state index contributed by atoms with van der Waals surface area (Å²) in [5.74, 6) is 0. The molecule has 1 unspecified atom stereocenters. The molecular formula is C15H15F3N2. The Hall–Kier alpha value is -1.88. The number of benzene rings is 1. The van der Waals surface area contributed by atoms with Gasteiger partial charge in [0.2, 0.25) is 0 Å². The molecule has 1 heterocycles. The summed E-state index contributed by atoms with van der Waals surface area (Å²) in [6.45, 7) is 0. The first-order chi connectivity index (χ1) is 9.50. The monoisotopic (exact) mass is 280 g/mol. The summed E-state index contributed by atoms with van der Waals surface area (Å²) in [5, 5.41) is 3.12. The van der Waals surface area contributed by atoms with Crippen LogP contribution in [0.2, 0.25) is 0 Å². The van der Waals surface area contributed by atoms with Gasteiger partial charge in [0.05, 0.1) is 5.56 Å². The van der Waals surface area contributed by atoms with Gasteiger partial charge in [-0.05, 0) is 42.8 Å². The first kappa shape index (κ1) is 14.5. The number of pyridine rings is 1. The van der Waals surface area contributed by atoms with Crippen LogP contribution in [0.15, 0.2) is 48.8 Å². The summed E-state index contributed by atoms with van der Waals surface area (Å²) in [4.78, 5) is 3.94. The molecule has 0 aliphatic carbocycles. The van der Waals surface area contributed by atoms with Crippen molar-refractivity contribution in [3.8, 4) is 0 Å². The van der Waals surface area contributed by atoms with Gasteiger partial charge in [-0.2, -0.15) is 13.2 Å². The Morgan fingerprint density at radius 3 is 2.45 bits per heavy atom. The lowest BCUT2D eigenvalue weighted by molar-refractivity contribution is -0.137. The van der Waals surface area contributed by atoms with E-state index in [1.54, 1.807) is 25.5 Å². The van der Waals surface area contributed by atoms with Crippen molar-refractivity contribution >= 4 is 0 Å². The third-order valence-electron chi connectivity index (χ3n) is 3.15. The summed E-state index contributed by atoms with van der Waals surface area (Å²) in [6, 6.07) is 9.11. The second kappa shape index (κ2) is 6.05. The maximum atomic E-state index is 12.7. The molecule has 0 spiro atoms. The molecule has 0 fully saturated rings. The van der Waals surface area contributed by atoms with Crippen molar-refractivity contribution in [1.29, 1.82) is 0 Å². The fourth-order valence-electron chi connectivity index (χ4n) is 2.09. The highest BCUT2D eigenvalue weighted by molar-refractivity contribution is 5.28. The van der Waals surface area contributed by atoms with Crippen LogP contribution >= 0.6 is 0 Å². The number of nitrogens with zero attached hydrogens (tertiary/aromatic N) is 1. The van der Waals surface area contributed by atoms with Crippen molar-refractivity contribution in [1.82, 2.24) is 10.3 Å². The summed E-state index contributed by atoms with van der Waals surface area (Å²) >= 11 is 0. The summed E-state index contributed by atoms with van der Waals surface area (Å²) in [7, 11) is 1.79. The molecule has 106 valence electrons. The number of hydrogen-bond acceptors (Lipinski definition) is 2. The zero-order valence-corrected chi connectivity index (χ0v) is 11.0. The van der Waals surface area contributed by atoms with Crippen LogP contribution in [0.1, 0.15) is 22.7 Å². The maximum Gasteiger partial charge on any atom is 0.416 e. The van der Waals surface area contributed by atoms with Gasteiger partial charge in [-0.25, -0.2) is 0 Å². The third-order valence-corrected chi connectivity index (χ3v) is 3.15. The molecule has 1 atom stereocenters. The van der Waals surface area contributed by atoms with Crippen molar-refractivity contribution in [2.75, 3.05) is 7.05 Å². The van der Waals surface area contributed by atoms with E-state index >= 15 is 0 Å². The molecule has 0 bridgehead atoms. The number of rotatable bonds is 4. The molecular weight excluding hydrogens is 265 g/mol. The van der Waals surface area contributed by atoms with Crippen LogP contribution in [0.4, 0.5) is 13.2 Å². The number of likely N-dealkylation sites (N-methyl/N-ethyl adjacent to an activating group) is 1. The van der Waals surface area contributed by atoms with E-state index in [9.17, 15) is 13.2 Å². The van der Waals surface area contributed by atoms with Gasteiger partial charge in [-0.1, -0.05) is 18.2 Å². The van der Waals surface area contributed by atoms with E-state index in [1.807, 2.05) is 12.1 Å². The van der Waals surface area contributed by atoms with E-state index in [1.165, 1.54) is 12.1 Å². The molecule has 0 radical (unpaired) electrons. The van der Waals surface area contributed by atoms with Crippen LogP contribution in [0, 0.1) is 0 Å². The minimum Gasteiger partial charge on any atom is -0.313 e. The SMILES string of the molecule is CNC(Cc1cccc(C(F)(F)F)c1)c1ccncc1. The van der Waals surface area contributed by atoms with Crippen LogP contribution in [-0.2, 0) is 12.6 Å². The molecule has 1 aromatic heterocycles. The second-order valence-electron chi connectivity index (χ2n) is 4.52. The molecule has 0 aliphatic heterocycles. The zero-order valence-electron chi connectivity index (χ0n) is 11.0. The predicted molar refractivity (Wildman–Crippen MR) is 71.2 cm³/mol. The fraction of sp³-hybridized carbons (Fsp3) is 0.267. The van der Waals surface area contributed by atoms with Crippen LogP contribution in [0.5, 0.6) is 0 Å². The summed E-state index contributed by atoms with van der Waals surface area (Å²) in [5.41, 5.74) is 1.04. The van der Waals surface area contributed by atoms with Crippen LogP contribution in [0.25, 0.3) is 0 Å². The molecule has 2 rings (SSSR count). The van der Waals surface area contributed by atoms with Crippen molar-refractivity contribution in [3.63, 3.8) is 0 Å². The third kappa shape index (κ3) is 3.57. The number of aromatic nitrogens is 1. The van der Waals surface area contributed by atoms with Crippen molar-refractivity contribution in [3.05, 3.63) is 65.5 Å². The van der Waals surface area contributed by atoms with Gasteiger partial charge in [0, 0.05) is 18.4 Å². The van der Waals surface area contributed by atoms with E-state index < -0.39 is 11.7 Å². The number of halogens is 3. The Morgan fingerprint density at radius 2 is 1.85 bits per heavy atom. The Bertz CT molecular complexity index is 553. The van der Waals surface area contributed by atoms with Crippen molar-refractivity contribution in [2.45, 2.75) is 18.6 Å². The molecule has 0 aliphatic rings. The van der Waals surface area contributed by atoms with Gasteiger partial charge in [-0.3, -0.25) is 4.98 Å². The van der Waals surface area contributed by atoms with E-state index in [-0.39, 0.29) is 6.04 Å². The van der Waals surface area contributed by atoms with Gasteiger partial charge in [0.25, 0.3) is 0 Å². The van der Waals surface area contributed by atoms with Crippen LogP contribution in [0.3, 0.4) is 0 Å². The number of hydrogen-bond donors (Lipinski definition) is 1. The molecule has 5 heteroatoms. The first-order valence-electron chi connectivity index (χ1n) is 6.24. The molecule has 2 aromatic rings. The summed E-state index contributed by atoms with van der Waals surface area (Å²) < 4.78 is 38.1. The molecule has 20 heavy (non-hydrogen) atoms. The lowest BCUT2D eigenvalue weighted by Crippen LogP contribution is -2.19. The maximum absolute atomic E-state index is 12.7. The fourth-order valence-corrected chi connectivity index (χ4v) is 2.09. The van der Waals surface area contributed by atoms with E-state index in [0.717, 1.165) is 11.6 Å². The standard InChI is InChI=1S/C15H15F3N2/c1-19-14(12-5-7-20-8-6-12)10-11-3-2-4-13(9-11)15(16,17)18/h2-9,14,19H,10H2,1H3. The molecule has 0 amide bonds. The second-order valence-corrected chi connectivity index (χ2v) is 4.52. The average Bonchev–Trinajstić information content (AvgIpc) is 2.45. The molecule has 1 N–H and O–H groups in total. The topological polar surface area (TPSA) is 24.9 Å². The molecule has 0 saturated carbocycles. The van der Waals surface area contributed by atoms with Crippen molar-refractivity contribution < 1.29 is 13.2 Å². The Morgan fingerprint density at radius 1 is 1.15 bits per heavy atom. The van der Waals surface area contributed by atoms with Gasteiger partial charge in [-0.15, -0.1) is 0 Å². The average molecular weight is 280 g/mol. The highest BCUT2D eigenvalue weighted by Crippen LogP contribution is 2.30. The molecule has 1 aromatic carbocycles. The minimum absolute atomic E-state index is 0.0403. The largest absolute Gasteiger partial charge is 0.416 e. The Labute approximate surface area is 115 Å².